The van der Waals surface area contributed by atoms with Crippen molar-refractivity contribution < 1.29 is 4.79 Å². The predicted octanol–water partition coefficient (Wildman–Crippen LogP) is 2.43. The van der Waals surface area contributed by atoms with Gasteiger partial charge in [-0.15, -0.1) is 16.8 Å². The summed E-state index contributed by atoms with van der Waals surface area (Å²) in [7, 11) is 0. The van der Waals surface area contributed by atoms with E-state index < -0.39 is 0 Å². The molecule has 0 saturated carbocycles. The lowest BCUT2D eigenvalue weighted by Gasteiger charge is -2.02. The first-order valence-corrected chi connectivity index (χ1v) is 7.06. The number of aromatic nitrogens is 3. The Hall–Kier alpha value is -1.24. The normalized spacial score (nSPS) is 10.6. The van der Waals surface area contributed by atoms with E-state index in [1.165, 1.54) is 11.8 Å². The molecule has 0 fully saturated rings. The molecule has 5 nitrogen and oxygen atoms in total. The van der Waals surface area contributed by atoms with Gasteiger partial charge in [0.1, 0.15) is 0 Å². The smallest absolute Gasteiger partial charge is 0.230 e. The third kappa shape index (κ3) is 3.40. The van der Waals surface area contributed by atoms with Crippen LogP contribution in [-0.4, -0.2) is 32.8 Å². The molecule has 0 spiro atoms. The van der Waals surface area contributed by atoms with Crippen LogP contribution in [0.2, 0.25) is 10.0 Å². The number of hydrogen-bond donors (Lipinski definition) is 1. The van der Waals surface area contributed by atoms with Gasteiger partial charge in [0.05, 0.1) is 15.8 Å². The van der Waals surface area contributed by atoms with Gasteiger partial charge in [0.2, 0.25) is 5.91 Å². The van der Waals surface area contributed by atoms with E-state index in [1.54, 1.807) is 22.7 Å². The Labute approximate surface area is 124 Å². The first-order valence-electron chi connectivity index (χ1n) is 5.32. The number of nitrogens with one attached hydrogen (secondary N) is 1. The number of hydrogen-bond acceptors (Lipinski definition) is 4. The second kappa shape index (κ2) is 6.27. The molecule has 2 aromatic rings. The largest absolute Gasteiger partial charge is 0.352 e. The molecule has 8 heteroatoms. The van der Waals surface area contributed by atoms with Crippen LogP contribution in [0.15, 0.2) is 30.1 Å². The van der Waals surface area contributed by atoms with Crippen LogP contribution in [0.25, 0.3) is 5.65 Å². The maximum Gasteiger partial charge on any atom is 0.230 e. The zero-order chi connectivity index (χ0) is 13.8. The lowest BCUT2D eigenvalue weighted by molar-refractivity contribution is -0.118. The number of pyridine rings is 1. The number of rotatable bonds is 5. The quantitative estimate of drug-likeness (QED) is 0.680. The van der Waals surface area contributed by atoms with Crippen molar-refractivity contribution in [1.29, 1.82) is 0 Å². The Kier molecular flexibility index (Phi) is 4.68. The molecule has 0 radical (unpaired) electrons. The summed E-state index contributed by atoms with van der Waals surface area (Å²) < 4.78 is 1.66. The van der Waals surface area contributed by atoms with E-state index in [0.29, 0.717) is 27.4 Å². The van der Waals surface area contributed by atoms with Gasteiger partial charge < -0.3 is 5.32 Å². The maximum absolute atomic E-state index is 11.5. The highest BCUT2D eigenvalue weighted by Crippen LogP contribution is 2.25. The van der Waals surface area contributed by atoms with Gasteiger partial charge in [0, 0.05) is 12.7 Å². The number of nitrogens with zero attached hydrogens (tertiary/aromatic N) is 3. The molecule has 0 bridgehead atoms. The van der Waals surface area contributed by atoms with E-state index in [1.807, 2.05) is 0 Å². The minimum atomic E-state index is -0.102. The number of fused-ring (bicyclic) bond motifs is 1. The minimum absolute atomic E-state index is 0.102. The van der Waals surface area contributed by atoms with Crippen molar-refractivity contribution in [3.63, 3.8) is 0 Å². The van der Waals surface area contributed by atoms with Crippen LogP contribution in [0.1, 0.15) is 0 Å². The molecule has 2 aromatic heterocycles. The molecule has 19 heavy (non-hydrogen) atoms. The van der Waals surface area contributed by atoms with Gasteiger partial charge >= 0.3 is 0 Å². The van der Waals surface area contributed by atoms with Gasteiger partial charge in [-0.2, -0.15) is 0 Å². The average molecular weight is 317 g/mol. The Balaban J connectivity index is 2.13. The molecular weight excluding hydrogens is 307 g/mol. The summed E-state index contributed by atoms with van der Waals surface area (Å²) in [5.74, 6) is 0.133. The fourth-order valence-corrected chi connectivity index (χ4v) is 2.62. The van der Waals surface area contributed by atoms with Crippen molar-refractivity contribution in [1.82, 2.24) is 19.9 Å². The van der Waals surface area contributed by atoms with E-state index in [9.17, 15) is 4.79 Å². The number of carbonyl (C=O) groups is 1. The van der Waals surface area contributed by atoms with E-state index in [4.69, 9.17) is 23.2 Å². The molecular formula is C11H10Cl2N4OS. The molecule has 0 aliphatic rings. The highest BCUT2D eigenvalue weighted by molar-refractivity contribution is 7.99. The standard InChI is InChI=1S/C11H10Cl2N4OS/c1-2-3-14-9(18)6-19-11-16-15-10-8(13)4-7(12)5-17(10)11/h2,4-5H,1,3,6H2,(H,14,18). The van der Waals surface area contributed by atoms with Crippen LogP contribution in [0.4, 0.5) is 0 Å². The second-order valence-corrected chi connectivity index (χ2v) is 5.35. The lowest BCUT2D eigenvalue weighted by atomic mass is 10.5. The van der Waals surface area contributed by atoms with Crippen molar-refractivity contribution in [3.8, 4) is 0 Å². The van der Waals surface area contributed by atoms with E-state index in [-0.39, 0.29) is 11.7 Å². The molecule has 0 aromatic carbocycles. The molecule has 100 valence electrons. The summed E-state index contributed by atoms with van der Waals surface area (Å²) in [4.78, 5) is 11.5. The van der Waals surface area contributed by atoms with Crippen LogP contribution in [0.3, 0.4) is 0 Å². The van der Waals surface area contributed by atoms with Gasteiger partial charge in [-0.05, 0) is 6.07 Å². The van der Waals surface area contributed by atoms with Crippen LogP contribution in [0.5, 0.6) is 0 Å². The summed E-state index contributed by atoms with van der Waals surface area (Å²) in [6.07, 6.45) is 3.28. The minimum Gasteiger partial charge on any atom is -0.352 e. The summed E-state index contributed by atoms with van der Waals surface area (Å²) in [5.41, 5.74) is 0.514. The van der Waals surface area contributed by atoms with Gasteiger partial charge in [-0.1, -0.05) is 41.0 Å². The van der Waals surface area contributed by atoms with Crippen molar-refractivity contribution in [2.75, 3.05) is 12.3 Å². The zero-order valence-corrected chi connectivity index (χ0v) is 12.1. The summed E-state index contributed by atoms with van der Waals surface area (Å²) in [6, 6.07) is 1.60. The molecule has 1 N–H and O–H groups in total. The Morgan fingerprint density at radius 1 is 1.53 bits per heavy atom. The molecule has 0 atom stereocenters. The monoisotopic (exact) mass is 316 g/mol. The van der Waals surface area contributed by atoms with Crippen LogP contribution in [0, 0.1) is 0 Å². The molecule has 2 rings (SSSR count). The van der Waals surface area contributed by atoms with Gasteiger partial charge in [-0.25, -0.2) is 0 Å². The van der Waals surface area contributed by atoms with E-state index in [2.05, 4.69) is 22.1 Å². The number of thioether (sulfide) groups is 1. The highest BCUT2D eigenvalue weighted by atomic mass is 35.5. The molecule has 0 aliphatic carbocycles. The Morgan fingerprint density at radius 3 is 3.05 bits per heavy atom. The van der Waals surface area contributed by atoms with E-state index in [0.717, 1.165) is 0 Å². The zero-order valence-electron chi connectivity index (χ0n) is 9.77. The third-order valence-corrected chi connectivity index (χ3v) is 3.60. The SMILES string of the molecule is C=CCNC(=O)CSc1nnc2c(Cl)cc(Cl)cn12. The van der Waals surface area contributed by atoms with Crippen LogP contribution < -0.4 is 5.32 Å². The highest BCUT2D eigenvalue weighted by Gasteiger charge is 2.11. The fourth-order valence-electron chi connectivity index (χ4n) is 1.37. The molecule has 1 amide bonds. The number of halogens is 2. The average Bonchev–Trinajstić information content (AvgIpc) is 2.77. The van der Waals surface area contributed by atoms with Crippen molar-refractivity contribution >= 4 is 46.5 Å². The number of amides is 1. The summed E-state index contributed by atoms with van der Waals surface area (Å²) in [6.45, 7) is 3.97. The predicted molar refractivity (Wildman–Crippen MR) is 76.9 cm³/mol. The number of carbonyl (C=O) groups excluding carboxylic acids is 1. The first-order chi connectivity index (χ1) is 9.11. The van der Waals surface area contributed by atoms with Gasteiger partial charge in [0.15, 0.2) is 10.8 Å². The van der Waals surface area contributed by atoms with Crippen molar-refractivity contribution in [2.24, 2.45) is 0 Å². The van der Waals surface area contributed by atoms with Crippen LogP contribution >= 0.6 is 35.0 Å². The Morgan fingerprint density at radius 2 is 2.32 bits per heavy atom. The van der Waals surface area contributed by atoms with Crippen molar-refractivity contribution in [2.45, 2.75) is 5.16 Å². The molecule has 0 unspecified atom stereocenters. The van der Waals surface area contributed by atoms with Gasteiger partial charge in [-0.3, -0.25) is 9.20 Å². The third-order valence-electron chi connectivity index (χ3n) is 2.17. The van der Waals surface area contributed by atoms with Crippen LogP contribution in [-0.2, 0) is 4.79 Å². The summed E-state index contributed by atoms with van der Waals surface area (Å²) in [5, 5.41) is 12.1. The maximum atomic E-state index is 11.5. The molecule has 2 heterocycles. The first kappa shape index (κ1) is 14.2. The molecule has 0 saturated heterocycles. The topological polar surface area (TPSA) is 59.3 Å². The summed E-state index contributed by atoms with van der Waals surface area (Å²) >= 11 is 13.2. The van der Waals surface area contributed by atoms with Crippen molar-refractivity contribution in [3.05, 3.63) is 35.0 Å². The van der Waals surface area contributed by atoms with E-state index >= 15 is 0 Å². The van der Waals surface area contributed by atoms with Gasteiger partial charge in [0.25, 0.3) is 0 Å². The lowest BCUT2D eigenvalue weighted by Crippen LogP contribution is -2.25. The Bertz CT molecular complexity index is 628. The second-order valence-electron chi connectivity index (χ2n) is 3.56. The molecule has 0 aliphatic heterocycles. The fraction of sp³-hybridized carbons (Fsp3) is 0.182.